The van der Waals surface area contributed by atoms with Crippen LogP contribution in [-0.4, -0.2) is 41.8 Å². The monoisotopic (exact) mass is 411 g/mol. The third-order valence-electron chi connectivity index (χ3n) is 4.51. The normalized spacial score (nSPS) is 11.9. The van der Waals surface area contributed by atoms with Gasteiger partial charge in [-0.3, -0.25) is 0 Å². The smallest absolute Gasteiger partial charge is 0.225 e. The number of likely N-dealkylation sites (N-methyl/N-ethyl adjacent to an activating group) is 1. The summed E-state index contributed by atoms with van der Waals surface area (Å²) in [6, 6.07) is 17.3. The Hall–Kier alpha value is -2.67. The molecule has 0 amide bonds. The highest BCUT2D eigenvalue weighted by Gasteiger charge is 2.11. The molecule has 1 heterocycles. The number of aryl methyl sites for hydroxylation is 1. The highest BCUT2D eigenvalue weighted by Crippen LogP contribution is 2.26. The first-order valence-electron chi connectivity index (χ1n) is 9.58. The molecule has 152 valence electrons. The Labute approximate surface area is 176 Å². The van der Waals surface area contributed by atoms with Crippen molar-refractivity contribution < 1.29 is 5.11 Å². The summed E-state index contributed by atoms with van der Waals surface area (Å²) in [5.41, 5.74) is 3.53. The van der Waals surface area contributed by atoms with Crippen LogP contribution in [0, 0.1) is 6.92 Å². The van der Waals surface area contributed by atoms with Gasteiger partial charge in [-0.15, -0.1) is 0 Å². The van der Waals surface area contributed by atoms with E-state index in [1.165, 1.54) is 0 Å². The highest BCUT2D eigenvalue weighted by molar-refractivity contribution is 6.31. The molecule has 0 aliphatic carbocycles. The molecule has 0 fully saturated rings. The number of hydrogen-bond acceptors (Lipinski definition) is 6. The Morgan fingerprint density at radius 1 is 1.00 bits per heavy atom. The number of anilines is 2. The summed E-state index contributed by atoms with van der Waals surface area (Å²) < 4.78 is 0. The topological polar surface area (TPSA) is 82.1 Å². The van der Waals surface area contributed by atoms with Crippen molar-refractivity contribution >= 4 is 23.4 Å². The summed E-state index contributed by atoms with van der Waals surface area (Å²) in [7, 11) is 1.89. The molecule has 0 aliphatic rings. The zero-order chi connectivity index (χ0) is 20.6. The van der Waals surface area contributed by atoms with Crippen molar-refractivity contribution in [3.8, 4) is 11.3 Å². The van der Waals surface area contributed by atoms with E-state index in [4.69, 9.17) is 11.6 Å². The maximum absolute atomic E-state index is 10.4. The second-order valence-corrected chi connectivity index (χ2v) is 7.17. The van der Waals surface area contributed by atoms with E-state index in [0.717, 1.165) is 28.9 Å². The number of nitrogens with zero attached hydrogens (tertiary/aromatic N) is 2. The van der Waals surface area contributed by atoms with Gasteiger partial charge in [-0.2, -0.15) is 4.98 Å². The fourth-order valence-electron chi connectivity index (χ4n) is 2.81. The zero-order valence-electron chi connectivity index (χ0n) is 16.6. The van der Waals surface area contributed by atoms with E-state index < -0.39 is 6.10 Å². The maximum atomic E-state index is 10.4. The molecule has 7 heteroatoms. The average Bonchev–Trinajstić information content (AvgIpc) is 2.74. The van der Waals surface area contributed by atoms with Gasteiger partial charge in [-0.05, 0) is 31.2 Å². The molecule has 2 aromatic carbocycles. The van der Waals surface area contributed by atoms with Crippen LogP contribution in [0.15, 0.2) is 54.6 Å². The molecule has 1 aromatic heterocycles. The molecule has 0 bridgehead atoms. The first-order valence-corrected chi connectivity index (χ1v) is 9.95. The lowest BCUT2D eigenvalue weighted by Crippen LogP contribution is -2.19. The van der Waals surface area contributed by atoms with Crippen LogP contribution in [-0.2, 0) is 0 Å². The van der Waals surface area contributed by atoms with E-state index in [-0.39, 0.29) is 0 Å². The van der Waals surface area contributed by atoms with Crippen molar-refractivity contribution in [2.75, 3.05) is 37.3 Å². The van der Waals surface area contributed by atoms with Gasteiger partial charge in [0.1, 0.15) is 5.82 Å². The summed E-state index contributed by atoms with van der Waals surface area (Å²) in [6.07, 6.45) is -0.635. The first kappa shape index (κ1) is 21.0. The minimum Gasteiger partial charge on any atom is -0.387 e. The van der Waals surface area contributed by atoms with Gasteiger partial charge in [0.25, 0.3) is 0 Å². The fraction of sp³-hybridized carbons (Fsp3) is 0.273. The highest BCUT2D eigenvalue weighted by atomic mass is 35.5. The number of benzene rings is 2. The van der Waals surface area contributed by atoms with Gasteiger partial charge >= 0.3 is 0 Å². The van der Waals surface area contributed by atoms with Crippen LogP contribution in [0.1, 0.15) is 17.2 Å². The van der Waals surface area contributed by atoms with Crippen molar-refractivity contribution in [2.45, 2.75) is 13.0 Å². The standard InChI is InChI=1S/C22H26ClN5O/c1-15-8-9-17(12-18(15)23)19-13-21(28-22(27-19)25-11-10-24-2)26-14-20(29)16-6-4-3-5-7-16/h3-9,12-13,20,24,29H,10-11,14H2,1-2H3,(H2,25,26,27,28). The van der Waals surface area contributed by atoms with Crippen molar-refractivity contribution in [1.82, 2.24) is 15.3 Å². The van der Waals surface area contributed by atoms with Crippen LogP contribution in [0.5, 0.6) is 0 Å². The summed E-state index contributed by atoms with van der Waals surface area (Å²) in [4.78, 5) is 9.15. The van der Waals surface area contributed by atoms with Crippen LogP contribution >= 0.6 is 11.6 Å². The first-order chi connectivity index (χ1) is 14.1. The number of rotatable bonds is 9. The predicted octanol–water partition coefficient (Wildman–Crippen LogP) is 3.88. The third-order valence-corrected chi connectivity index (χ3v) is 4.92. The van der Waals surface area contributed by atoms with Crippen LogP contribution in [0.4, 0.5) is 11.8 Å². The number of aromatic nitrogens is 2. The minimum absolute atomic E-state index is 0.338. The molecule has 0 spiro atoms. The second-order valence-electron chi connectivity index (χ2n) is 6.76. The molecule has 1 atom stereocenters. The molecule has 4 N–H and O–H groups in total. The SMILES string of the molecule is CNCCNc1nc(NCC(O)c2ccccc2)cc(-c2ccc(C)c(Cl)c2)n1. The van der Waals surface area contributed by atoms with Gasteiger partial charge in [0.15, 0.2) is 0 Å². The Kier molecular flexibility index (Phi) is 7.41. The van der Waals surface area contributed by atoms with Crippen LogP contribution < -0.4 is 16.0 Å². The number of nitrogens with one attached hydrogen (secondary N) is 3. The Morgan fingerprint density at radius 2 is 1.79 bits per heavy atom. The maximum Gasteiger partial charge on any atom is 0.225 e. The van der Waals surface area contributed by atoms with Gasteiger partial charge in [0, 0.05) is 36.3 Å². The Balaban J connectivity index is 1.82. The minimum atomic E-state index is -0.635. The van der Waals surface area contributed by atoms with E-state index in [1.54, 1.807) is 0 Å². The molecule has 29 heavy (non-hydrogen) atoms. The summed E-state index contributed by atoms with van der Waals surface area (Å²) in [6.45, 7) is 3.79. The van der Waals surface area contributed by atoms with Crippen molar-refractivity contribution in [3.05, 3.63) is 70.7 Å². The molecule has 0 saturated carbocycles. The number of aliphatic hydroxyl groups excluding tert-OH is 1. The third kappa shape index (κ3) is 5.90. The number of halogens is 1. The van der Waals surface area contributed by atoms with E-state index in [1.807, 2.05) is 68.6 Å². The number of aliphatic hydroxyl groups is 1. The summed E-state index contributed by atoms with van der Waals surface area (Å²) in [5, 5.41) is 20.7. The van der Waals surface area contributed by atoms with Gasteiger partial charge in [0.05, 0.1) is 11.8 Å². The molecule has 3 rings (SSSR count). The van der Waals surface area contributed by atoms with Crippen LogP contribution in [0.3, 0.4) is 0 Å². The molecular weight excluding hydrogens is 386 g/mol. The lowest BCUT2D eigenvalue weighted by atomic mass is 10.1. The summed E-state index contributed by atoms with van der Waals surface area (Å²) in [5.74, 6) is 1.15. The predicted molar refractivity (Wildman–Crippen MR) is 120 cm³/mol. The van der Waals surface area contributed by atoms with E-state index >= 15 is 0 Å². The molecule has 0 radical (unpaired) electrons. The Bertz CT molecular complexity index is 936. The molecule has 1 unspecified atom stereocenters. The van der Waals surface area contributed by atoms with Crippen LogP contribution in [0.25, 0.3) is 11.3 Å². The quantitative estimate of drug-likeness (QED) is 0.400. The lowest BCUT2D eigenvalue weighted by Gasteiger charge is -2.15. The van der Waals surface area contributed by atoms with Crippen molar-refractivity contribution in [1.29, 1.82) is 0 Å². The molecule has 3 aromatic rings. The Morgan fingerprint density at radius 3 is 2.52 bits per heavy atom. The average molecular weight is 412 g/mol. The zero-order valence-corrected chi connectivity index (χ0v) is 17.4. The van der Waals surface area contributed by atoms with Gasteiger partial charge < -0.3 is 21.1 Å². The largest absolute Gasteiger partial charge is 0.387 e. The summed E-state index contributed by atoms with van der Waals surface area (Å²) >= 11 is 6.30. The van der Waals surface area contributed by atoms with E-state index in [0.29, 0.717) is 29.9 Å². The second kappa shape index (κ2) is 10.2. The van der Waals surface area contributed by atoms with Crippen molar-refractivity contribution in [3.63, 3.8) is 0 Å². The van der Waals surface area contributed by atoms with E-state index in [9.17, 15) is 5.11 Å². The van der Waals surface area contributed by atoms with Gasteiger partial charge in [-0.1, -0.05) is 54.1 Å². The molecule has 0 saturated heterocycles. The fourth-order valence-corrected chi connectivity index (χ4v) is 2.99. The van der Waals surface area contributed by atoms with Crippen molar-refractivity contribution in [2.24, 2.45) is 0 Å². The molecular formula is C22H26ClN5O. The number of hydrogen-bond donors (Lipinski definition) is 4. The molecule has 6 nitrogen and oxygen atoms in total. The van der Waals surface area contributed by atoms with E-state index in [2.05, 4.69) is 25.9 Å². The van der Waals surface area contributed by atoms with Gasteiger partial charge in [-0.25, -0.2) is 4.98 Å². The lowest BCUT2D eigenvalue weighted by molar-refractivity contribution is 0.191. The van der Waals surface area contributed by atoms with Crippen LogP contribution in [0.2, 0.25) is 5.02 Å². The van der Waals surface area contributed by atoms with Gasteiger partial charge in [0.2, 0.25) is 5.95 Å². The molecule has 0 aliphatic heterocycles.